The van der Waals surface area contributed by atoms with Crippen molar-refractivity contribution in [3.05, 3.63) is 35.9 Å². The topological polar surface area (TPSA) is 61.4 Å². The Morgan fingerprint density at radius 2 is 1.94 bits per heavy atom. The molecule has 0 aromatic heterocycles. The zero-order valence-electron chi connectivity index (χ0n) is 9.02. The normalized spacial score (nSPS) is 23.5. The van der Waals surface area contributed by atoms with Crippen LogP contribution in [0.25, 0.3) is 0 Å². The third kappa shape index (κ3) is 2.97. The van der Waals surface area contributed by atoms with Crippen molar-refractivity contribution < 1.29 is 9.90 Å². The monoisotopic (exact) mass is 220 g/mol. The predicted octanol–water partition coefficient (Wildman–Crippen LogP) is 1.57. The Kier molecular flexibility index (Phi) is 3.41. The van der Waals surface area contributed by atoms with Crippen LogP contribution in [0.2, 0.25) is 0 Å². The minimum atomic E-state index is -0.925. The molecular formula is C12H16N2O2. The van der Waals surface area contributed by atoms with Gasteiger partial charge in [0.2, 0.25) is 0 Å². The number of nitrogens with one attached hydrogen (secondary N) is 2. The van der Waals surface area contributed by atoms with E-state index in [0.29, 0.717) is 6.04 Å². The van der Waals surface area contributed by atoms with Gasteiger partial charge in [-0.3, -0.25) is 0 Å². The van der Waals surface area contributed by atoms with Crippen molar-refractivity contribution in [1.29, 1.82) is 0 Å². The second-order valence-electron chi connectivity index (χ2n) is 4.18. The van der Waals surface area contributed by atoms with E-state index in [2.05, 4.69) is 22.8 Å². The Bertz CT molecular complexity index is 347. The average molecular weight is 220 g/mol. The van der Waals surface area contributed by atoms with E-state index in [4.69, 9.17) is 5.11 Å². The second kappa shape index (κ2) is 4.99. The van der Waals surface area contributed by atoms with Gasteiger partial charge in [-0.2, -0.15) is 0 Å². The summed E-state index contributed by atoms with van der Waals surface area (Å²) in [4.78, 5) is 10.4. The summed E-state index contributed by atoms with van der Waals surface area (Å²) >= 11 is 0. The lowest BCUT2D eigenvalue weighted by atomic mass is 9.87. The van der Waals surface area contributed by atoms with Crippen LogP contribution >= 0.6 is 0 Å². The number of hydrogen-bond acceptors (Lipinski definition) is 2. The summed E-state index contributed by atoms with van der Waals surface area (Å²) in [7, 11) is 0. The Labute approximate surface area is 94.7 Å². The number of hydrogen-bond donors (Lipinski definition) is 3. The first-order valence-corrected chi connectivity index (χ1v) is 5.51. The molecule has 16 heavy (non-hydrogen) atoms. The zero-order valence-corrected chi connectivity index (χ0v) is 9.02. The van der Waals surface area contributed by atoms with Crippen molar-refractivity contribution in [1.82, 2.24) is 10.6 Å². The van der Waals surface area contributed by atoms with Crippen molar-refractivity contribution in [3.63, 3.8) is 0 Å². The van der Waals surface area contributed by atoms with Crippen LogP contribution in [0.3, 0.4) is 0 Å². The van der Waals surface area contributed by atoms with E-state index in [-0.39, 0.29) is 6.04 Å². The Morgan fingerprint density at radius 3 is 2.56 bits per heavy atom. The van der Waals surface area contributed by atoms with Crippen LogP contribution in [0.15, 0.2) is 30.3 Å². The van der Waals surface area contributed by atoms with E-state index in [1.54, 1.807) is 0 Å². The molecule has 0 atom stereocenters. The van der Waals surface area contributed by atoms with Crippen molar-refractivity contribution >= 4 is 6.09 Å². The number of amides is 1. The molecule has 3 N–H and O–H groups in total. The maximum absolute atomic E-state index is 10.4. The average Bonchev–Trinajstić information content (AvgIpc) is 2.22. The molecule has 1 aromatic carbocycles. The van der Waals surface area contributed by atoms with E-state index in [1.165, 1.54) is 5.56 Å². The molecule has 0 aliphatic heterocycles. The Morgan fingerprint density at radius 1 is 1.25 bits per heavy atom. The molecule has 0 saturated heterocycles. The largest absolute Gasteiger partial charge is 0.465 e. The van der Waals surface area contributed by atoms with E-state index >= 15 is 0 Å². The van der Waals surface area contributed by atoms with Gasteiger partial charge in [-0.15, -0.1) is 0 Å². The molecule has 0 heterocycles. The lowest BCUT2D eigenvalue weighted by molar-refractivity contribution is 0.173. The number of carboxylic acid groups (broad SMARTS) is 1. The highest BCUT2D eigenvalue weighted by molar-refractivity contribution is 5.65. The van der Waals surface area contributed by atoms with Crippen LogP contribution in [0.1, 0.15) is 18.4 Å². The van der Waals surface area contributed by atoms with Gasteiger partial charge < -0.3 is 15.7 Å². The minimum Gasteiger partial charge on any atom is -0.465 e. The zero-order chi connectivity index (χ0) is 11.4. The first-order valence-electron chi connectivity index (χ1n) is 5.51. The van der Waals surface area contributed by atoms with Gasteiger partial charge in [-0.05, 0) is 18.4 Å². The molecule has 1 fully saturated rings. The molecule has 1 saturated carbocycles. The number of carbonyl (C=O) groups is 1. The highest BCUT2D eigenvalue weighted by atomic mass is 16.4. The molecule has 1 aromatic rings. The minimum absolute atomic E-state index is 0.130. The maximum Gasteiger partial charge on any atom is 0.404 e. The molecule has 1 aliphatic carbocycles. The van der Waals surface area contributed by atoms with Gasteiger partial charge in [0.05, 0.1) is 0 Å². The van der Waals surface area contributed by atoms with Gasteiger partial charge in [0.15, 0.2) is 0 Å². The standard InChI is InChI=1S/C12H16N2O2/c15-12(16)14-11-6-10(7-11)13-8-9-4-2-1-3-5-9/h1-5,10-11,13-14H,6-8H2,(H,15,16). The summed E-state index contributed by atoms with van der Waals surface area (Å²) in [5, 5.41) is 14.4. The van der Waals surface area contributed by atoms with Gasteiger partial charge in [0.25, 0.3) is 0 Å². The first-order chi connectivity index (χ1) is 7.74. The summed E-state index contributed by atoms with van der Waals surface area (Å²) in [6.07, 6.45) is 0.852. The van der Waals surface area contributed by atoms with Crippen LogP contribution in [0.4, 0.5) is 4.79 Å². The quantitative estimate of drug-likeness (QED) is 0.722. The van der Waals surface area contributed by atoms with E-state index in [9.17, 15) is 4.79 Å². The highest BCUT2D eigenvalue weighted by Crippen LogP contribution is 2.20. The summed E-state index contributed by atoms with van der Waals surface area (Å²) < 4.78 is 0. The van der Waals surface area contributed by atoms with Gasteiger partial charge in [0, 0.05) is 18.6 Å². The molecule has 1 amide bonds. The summed E-state index contributed by atoms with van der Waals surface area (Å²) in [6, 6.07) is 10.8. The summed E-state index contributed by atoms with van der Waals surface area (Å²) in [5.74, 6) is 0. The van der Waals surface area contributed by atoms with Gasteiger partial charge in [-0.1, -0.05) is 30.3 Å². The molecule has 86 valence electrons. The van der Waals surface area contributed by atoms with Crippen LogP contribution in [0.5, 0.6) is 0 Å². The van der Waals surface area contributed by atoms with Gasteiger partial charge in [0.1, 0.15) is 0 Å². The molecule has 2 rings (SSSR count). The third-order valence-corrected chi connectivity index (χ3v) is 2.90. The predicted molar refractivity (Wildman–Crippen MR) is 61.3 cm³/mol. The second-order valence-corrected chi connectivity index (χ2v) is 4.18. The van der Waals surface area contributed by atoms with Crippen molar-refractivity contribution in [2.24, 2.45) is 0 Å². The van der Waals surface area contributed by atoms with Crippen LogP contribution in [0, 0.1) is 0 Å². The molecule has 0 spiro atoms. The number of rotatable bonds is 4. The van der Waals surface area contributed by atoms with Crippen molar-refractivity contribution in [2.45, 2.75) is 31.5 Å². The molecular weight excluding hydrogens is 204 g/mol. The fraction of sp³-hybridized carbons (Fsp3) is 0.417. The fourth-order valence-electron chi connectivity index (χ4n) is 1.94. The summed E-state index contributed by atoms with van der Waals surface area (Å²) in [6.45, 7) is 0.852. The Hall–Kier alpha value is -1.55. The van der Waals surface area contributed by atoms with Crippen molar-refractivity contribution in [3.8, 4) is 0 Å². The van der Waals surface area contributed by atoms with Gasteiger partial charge in [-0.25, -0.2) is 4.79 Å². The smallest absolute Gasteiger partial charge is 0.404 e. The lowest BCUT2D eigenvalue weighted by Gasteiger charge is -2.35. The van der Waals surface area contributed by atoms with Crippen LogP contribution in [-0.2, 0) is 6.54 Å². The lowest BCUT2D eigenvalue weighted by Crippen LogP contribution is -2.51. The van der Waals surface area contributed by atoms with Crippen LogP contribution < -0.4 is 10.6 Å². The highest BCUT2D eigenvalue weighted by Gasteiger charge is 2.29. The Balaban J connectivity index is 1.65. The molecule has 4 nitrogen and oxygen atoms in total. The van der Waals surface area contributed by atoms with Crippen molar-refractivity contribution in [2.75, 3.05) is 0 Å². The third-order valence-electron chi connectivity index (χ3n) is 2.90. The van der Waals surface area contributed by atoms with E-state index in [1.807, 2.05) is 18.2 Å². The fourth-order valence-corrected chi connectivity index (χ4v) is 1.94. The molecule has 1 aliphatic rings. The molecule has 0 unspecified atom stereocenters. The summed E-state index contributed by atoms with van der Waals surface area (Å²) in [5.41, 5.74) is 1.26. The number of benzene rings is 1. The van der Waals surface area contributed by atoms with E-state index < -0.39 is 6.09 Å². The van der Waals surface area contributed by atoms with Crippen LogP contribution in [-0.4, -0.2) is 23.3 Å². The first kappa shape index (κ1) is 11.0. The SMILES string of the molecule is O=C(O)NC1CC(NCc2ccccc2)C1. The van der Waals surface area contributed by atoms with Gasteiger partial charge >= 0.3 is 6.09 Å². The molecule has 0 radical (unpaired) electrons. The molecule has 4 heteroatoms. The maximum atomic E-state index is 10.4. The molecule has 0 bridgehead atoms. The van der Waals surface area contributed by atoms with E-state index in [0.717, 1.165) is 19.4 Å².